The van der Waals surface area contributed by atoms with Crippen LogP contribution in [0.2, 0.25) is 0 Å². The molecular weight excluding hydrogens is 887 g/mol. The summed E-state index contributed by atoms with van der Waals surface area (Å²) >= 11 is 0. The van der Waals surface area contributed by atoms with Crippen LogP contribution in [0, 0.1) is 0 Å². The minimum atomic E-state index is -2.03. The van der Waals surface area contributed by atoms with Gasteiger partial charge < -0.3 is 57.6 Å². The van der Waals surface area contributed by atoms with Crippen molar-refractivity contribution in [3.8, 4) is 0 Å². The molecule has 0 bridgehead atoms. The Bertz CT molecular complexity index is 1680. The summed E-state index contributed by atoms with van der Waals surface area (Å²) in [6.45, 7) is 1.23. The zero-order valence-electron chi connectivity index (χ0n) is 38.5. The normalized spacial score (nSPS) is 18.0. The Morgan fingerprint density at radius 2 is 1.18 bits per heavy atom. The molecule has 0 aromatic rings. The number of carboxylic acid groups (broad SMARTS) is 1. The number of carbonyl (C=O) groups excluding carboxylic acids is 9. The first-order valence-corrected chi connectivity index (χ1v) is 22.6. The fourth-order valence-corrected chi connectivity index (χ4v) is 6.52. The molecule has 25 heteroatoms. The first-order valence-electron chi connectivity index (χ1n) is 22.6. The van der Waals surface area contributed by atoms with Crippen LogP contribution >= 0.6 is 0 Å². The van der Waals surface area contributed by atoms with E-state index in [0.29, 0.717) is 23.0 Å². The average molecular weight is 958 g/mol. The van der Waals surface area contributed by atoms with Gasteiger partial charge in [-0.25, -0.2) is 14.9 Å². The Morgan fingerprint density at radius 3 is 1.70 bits per heavy atom. The molecule has 1 rings (SSSR count). The monoisotopic (exact) mass is 958 g/mol. The summed E-state index contributed by atoms with van der Waals surface area (Å²) in [5, 5.41) is 76.3. The van der Waals surface area contributed by atoms with Gasteiger partial charge in [-0.2, -0.15) is 0 Å². The SMILES string of the molecule is CCCCCC/C=C\CCCCCC(=O)N[C@@H]1C(=O)N[C@@H](C(=O)N[C@@H](CO)C(=O)N[C@@H](CCCN(O)C(C)=O)C(=O)N[C@H](CO)C(=O)N[C@H](CCCN(O)C(C)=O)C(=O)O)CCNC(=O)[C@H]1O. The van der Waals surface area contributed by atoms with Crippen LogP contribution in [0.25, 0.3) is 0 Å². The van der Waals surface area contributed by atoms with Gasteiger partial charge in [0.2, 0.25) is 47.3 Å². The quantitative estimate of drug-likeness (QED) is 0.0146. The van der Waals surface area contributed by atoms with E-state index in [1.165, 1.54) is 19.3 Å². The Morgan fingerprint density at radius 1 is 0.687 bits per heavy atom. The highest BCUT2D eigenvalue weighted by Crippen LogP contribution is 2.10. The number of carbonyl (C=O) groups is 10. The topological polar surface area (TPSA) is 383 Å². The molecule has 0 aromatic carbocycles. The first kappa shape index (κ1) is 59.3. The maximum absolute atomic E-state index is 13.5. The molecule has 0 radical (unpaired) electrons. The zero-order valence-corrected chi connectivity index (χ0v) is 38.5. The zero-order chi connectivity index (χ0) is 50.5. The molecule has 0 unspecified atom stereocenters. The molecule has 1 heterocycles. The first-order chi connectivity index (χ1) is 31.8. The van der Waals surface area contributed by atoms with E-state index in [0.717, 1.165) is 39.5 Å². The van der Waals surface area contributed by atoms with Gasteiger partial charge in [-0.15, -0.1) is 0 Å². The third kappa shape index (κ3) is 23.5. The van der Waals surface area contributed by atoms with Gasteiger partial charge in [0, 0.05) is 39.9 Å². The predicted octanol–water partition coefficient (Wildman–Crippen LogP) is -2.64. The molecule has 1 aliphatic heterocycles. The lowest BCUT2D eigenvalue weighted by atomic mass is 10.1. The van der Waals surface area contributed by atoms with Crippen molar-refractivity contribution in [2.75, 3.05) is 32.8 Å². The van der Waals surface area contributed by atoms with Crippen molar-refractivity contribution in [3.63, 3.8) is 0 Å². The second-order valence-electron chi connectivity index (χ2n) is 16.1. The highest BCUT2D eigenvalue weighted by Gasteiger charge is 2.38. The molecule has 380 valence electrons. The molecule has 1 aliphatic rings. The third-order valence-corrected chi connectivity index (χ3v) is 10.5. The number of carboxylic acids is 1. The van der Waals surface area contributed by atoms with E-state index < -0.39 is 115 Å². The van der Waals surface area contributed by atoms with Gasteiger partial charge in [0.05, 0.1) is 13.2 Å². The summed E-state index contributed by atoms with van der Waals surface area (Å²) in [5.41, 5.74) is 0. The number of nitrogens with zero attached hydrogens (tertiary/aromatic N) is 2. The summed E-state index contributed by atoms with van der Waals surface area (Å²) in [6, 6.07) is -10.2. The van der Waals surface area contributed by atoms with Gasteiger partial charge >= 0.3 is 5.97 Å². The van der Waals surface area contributed by atoms with Gasteiger partial charge in [-0.1, -0.05) is 44.8 Å². The molecule has 1 saturated heterocycles. The number of aliphatic carboxylic acids is 1. The summed E-state index contributed by atoms with van der Waals surface area (Å²) < 4.78 is 0. The number of hydrogen-bond donors (Lipinski definition) is 13. The molecule has 0 saturated carbocycles. The molecule has 67 heavy (non-hydrogen) atoms. The number of aliphatic hydroxyl groups is 3. The van der Waals surface area contributed by atoms with Gasteiger partial charge in [0.1, 0.15) is 36.3 Å². The van der Waals surface area contributed by atoms with E-state index in [1.54, 1.807) is 0 Å². The molecule has 0 aromatic heterocycles. The molecule has 25 nitrogen and oxygen atoms in total. The number of unbranched alkanes of at least 4 members (excludes halogenated alkanes) is 7. The number of rotatable bonds is 31. The molecule has 0 aliphatic carbocycles. The summed E-state index contributed by atoms with van der Waals surface area (Å²) in [5.74, 6) is -10.3. The molecule has 7 atom stereocenters. The van der Waals surface area contributed by atoms with Crippen molar-refractivity contribution in [2.45, 2.75) is 159 Å². The molecule has 13 N–H and O–H groups in total. The predicted molar refractivity (Wildman–Crippen MR) is 235 cm³/mol. The second-order valence-corrected chi connectivity index (χ2v) is 16.1. The van der Waals surface area contributed by atoms with Crippen LogP contribution < -0.4 is 37.2 Å². The van der Waals surface area contributed by atoms with Gasteiger partial charge in [-0.05, 0) is 64.2 Å². The van der Waals surface area contributed by atoms with E-state index >= 15 is 0 Å². The van der Waals surface area contributed by atoms with E-state index in [-0.39, 0.29) is 58.2 Å². The maximum atomic E-state index is 13.5. The van der Waals surface area contributed by atoms with Gasteiger partial charge in [-0.3, -0.25) is 53.6 Å². The number of hydroxylamine groups is 4. The van der Waals surface area contributed by atoms with Crippen molar-refractivity contribution in [3.05, 3.63) is 12.2 Å². The van der Waals surface area contributed by atoms with Crippen molar-refractivity contribution in [2.24, 2.45) is 0 Å². The van der Waals surface area contributed by atoms with Gasteiger partial charge in [0.25, 0.3) is 5.91 Å². The van der Waals surface area contributed by atoms with Crippen LogP contribution in [0.15, 0.2) is 12.2 Å². The maximum Gasteiger partial charge on any atom is 0.326 e. The Labute approximate surface area is 389 Å². The fraction of sp³-hybridized carbons (Fsp3) is 0.714. The number of nitrogens with one attached hydrogen (secondary N) is 7. The van der Waals surface area contributed by atoms with Crippen molar-refractivity contribution in [1.29, 1.82) is 0 Å². The molecule has 1 fully saturated rings. The minimum absolute atomic E-state index is 0.0156. The lowest BCUT2D eigenvalue weighted by Crippen LogP contribution is -2.61. The Balaban J connectivity index is 3.04. The van der Waals surface area contributed by atoms with E-state index in [1.807, 2.05) is 0 Å². The molecule has 0 spiro atoms. The summed E-state index contributed by atoms with van der Waals surface area (Å²) in [4.78, 5) is 127. The standard InChI is InChI=1S/C42H71N9O16/c1-4-5-6-7-8-9-10-11-12-13-14-19-33(56)49-34-35(57)41(63)43-21-20-29(45-40(34)62)37(59)48-31(24-52)38(60)44-28(17-15-22-50(66)26(2)54)36(58)47-32(25-53)39(61)46-30(42(64)65)18-16-23-51(67)27(3)55/h9-10,28-32,34-35,52-53,57,66-67H,4-8,11-25H2,1-3H3,(H,43,63)(H,44,60)(H,45,62)(H,46,61)(H,47,58)(H,48,59)(H,49,56)(H,64,65)/b10-9-/t28-,29+,30+,31-,32+,34-,35-/m0/s1. The molecular formula is C42H71N9O16. The van der Waals surface area contributed by atoms with E-state index in [4.69, 9.17) is 0 Å². The largest absolute Gasteiger partial charge is 0.480 e. The fourth-order valence-electron chi connectivity index (χ4n) is 6.52. The van der Waals surface area contributed by atoms with Crippen LogP contribution in [0.3, 0.4) is 0 Å². The Hall–Kier alpha value is -5.76. The highest BCUT2D eigenvalue weighted by atomic mass is 16.5. The summed E-state index contributed by atoms with van der Waals surface area (Å²) in [6.07, 6.45) is 9.58. The second kappa shape index (κ2) is 32.8. The number of hydrogen-bond acceptors (Lipinski definition) is 15. The number of amides is 9. The molecule has 9 amide bonds. The van der Waals surface area contributed by atoms with Crippen LogP contribution in [0.4, 0.5) is 0 Å². The van der Waals surface area contributed by atoms with Crippen molar-refractivity contribution in [1.82, 2.24) is 47.3 Å². The van der Waals surface area contributed by atoms with Crippen molar-refractivity contribution >= 4 is 59.1 Å². The number of aliphatic hydroxyl groups excluding tert-OH is 3. The number of allylic oxidation sites excluding steroid dienone is 2. The van der Waals surface area contributed by atoms with Crippen molar-refractivity contribution < 1.29 is 78.8 Å². The van der Waals surface area contributed by atoms with Crippen LogP contribution in [0.1, 0.15) is 117 Å². The van der Waals surface area contributed by atoms with Gasteiger partial charge in [0.15, 0.2) is 6.10 Å². The van der Waals surface area contributed by atoms with Crippen LogP contribution in [0.5, 0.6) is 0 Å². The average Bonchev–Trinajstić information content (AvgIpc) is 3.33. The highest BCUT2D eigenvalue weighted by molar-refractivity contribution is 5.99. The summed E-state index contributed by atoms with van der Waals surface area (Å²) in [7, 11) is 0. The van der Waals surface area contributed by atoms with E-state index in [9.17, 15) is 78.8 Å². The van der Waals surface area contributed by atoms with Crippen LogP contribution in [-0.2, 0) is 47.9 Å². The lowest BCUT2D eigenvalue weighted by molar-refractivity contribution is -0.163. The van der Waals surface area contributed by atoms with Crippen LogP contribution in [-0.4, -0.2) is 175 Å². The Kier molecular flexibility index (Phi) is 29.0. The van der Waals surface area contributed by atoms with E-state index in [2.05, 4.69) is 56.3 Å². The third-order valence-electron chi connectivity index (χ3n) is 10.5. The minimum Gasteiger partial charge on any atom is -0.480 e. The smallest absolute Gasteiger partial charge is 0.326 e. The lowest BCUT2D eigenvalue weighted by Gasteiger charge is -2.26.